The van der Waals surface area contributed by atoms with Crippen molar-refractivity contribution in [1.82, 2.24) is 19.3 Å². The number of imidazole rings is 1. The van der Waals surface area contributed by atoms with Crippen LogP contribution < -0.4 is 0 Å². The normalized spacial score (nSPS) is 23.6. The van der Waals surface area contributed by atoms with E-state index in [-0.39, 0.29) is 0 Å². The van der Waals surface area contributed by atoms with Crippen molar-refractivity contribution in [2.24, 2.45) is 13.0 Å². The lowest BCUT2D eigenvalue weighted by Crippen LogP contribution is -2.17. The highest BCUT2D eigenvalue weighted by Crippen LogP contribution is 2.38. The molecule has 19 heavy (non-hydrogen) atoms. The van der Waals surface area contributed by atoms with Gasteiger partial charge in [-0.15, -0.1) is 11.6 Å². The molecule has 5 heteroatoms. The predicted octanol–water partition coefficient (Wildman–Crippen LogP) is 3.22. The van der Waals surface area contributed by atoms with E-state index in [1.807, 2.05) is 18.7 Å². The van der Waals surface area contributed by atoms with Gasteiger partial charge in [0, 0.05) is 25.4 Å². The Hall–Kier alpha value is -1.03. The van der Waals surface area contributed by atoms with E-state index in [1.54, 1.807) is 0 Å². The fourth-order valence-corrected chi connectivity index (χ4v) is 3.63. The number of rotatable bonds is 3. The lowest BCUT2D eigenvalue weighted by molar-refractivity contribution is 0.401. The van der Waals surface area contributed by atoms with Gasteiger partial charge in [-0.1, -0.05) is 13.3 Å². The summed E-state index contributed by atoms with van der Waals surface area (Å²) in [6.45, 7) is 4.37. The molecule has 0 N–H and O–H groups in total. The van der Waals surface area contributed by atoms with Gasteiger partial charge in [0.25, 0.3) is 0 Å². The first-order chi connectivity index (χ1) is 9.13. The van der Waals surface area contributed by atoms with Crippen LogP contribution in [0, 0.1) is 12.8 Å². The molecule has 0 saturated heterocycles. The summed E-state index contributed by atoms with van der Waals surface area (Å²) in [5, 5.41) is 4.51. The monoisotopic (exact) mass is 280 g/mol. The number of hydrogen-bond donors (Lipinski definition) is 0. The minimum absolute atomic E-state index is 0.554. The fraction of sp³-hybridized carbons (Fsp3) is 0.714. The number of aromatic nitrogens is 4. The van der Waals surface area contributed by atoms with E-state index in [1.165, 1.54) is 19.3 Å². The van der Waals surface area contributed by atoms with Crippen molar-refractivity contribution in [1.29, 1.82) is 0 Å². The number of halogens is 1. The summed E-state index contributed by atoms with van der Waals surface area (Å²) in [6, 6.07) is 0.554. The second-order valence-electron chi connectivity index (χ2n) is 5.69. The van der Waals surface area contributed by atoms with Gasteiger partial charge < -0.3 is 4.57 Å². The Morgan fingerprint density at radius 2 is 2.16 bits per heavy atom. The molecule has 2 unspecified atom stereocenters. The third kappa shape index (κ3) is 1.97. The minimum atomic E-state index is 0.554. The van der Waals surface area contributed by atoms with Gasteiger partial charge >= 0.3 is 0 Å². The van der Waals surface area contributed by atoms with Gasteiger partial charge in [-0.3, -0.25) is 4.68 Å². The molecule has 1 fully saturated rings. The maximum atomic E-state index is 5.95. The predicted molar refractivity (Wildman–Crippen MR) is 77.7 cm³/mol. The second kappa shape index (κ2) is 4.82. The van der Waals surface area contributed by atoms with E-state index in [9.17, 15) is 0 Å². The van der Waals surface area contributed by atoms with Crippen LogP contribution in [0.2, 0.25) is 0 Å². The number of hydrogen-bond acceptors (Lipinski definition) is 2. The van der Waals surface area contributed by atoms with Gasteiger partial charge in [-0.05, 0) is 25.7 Å². The quantitative estimate of drug-likeness (QED) is 0.809. The Bertz CT molecular complexity index is 598. The Kier molecular flexibility index (Phi) is 3.29. The molecule has 0 aliphatic heterocycles. The van der Waals surface area contributed by atoms with Crippen molar-refractivity contribution in [3.63, 3.8) is 0 Å². The van der Waals surface area contributed by atoms with E-state index < -0.39 is 0 Å². The average Bonchev–Trinajstić information content (AvgIpc) is 2.99. The molecule has 0 aromatic carbocycles. The maximum absolute atomic E-state index is 5.95. The number of aryl methyl sites for hydroxylation is 3. The third-order valence-electron chi connectivity index (χ3n) is 4.37. The lowest BCUT2D eigenvalue weighted by atomic mass is 10.1. The Balaban J connectivity index is 2.20. The van der Waals surface area contributed by atoms with Gasteiger partial charge in [-0.2, -0.15) is 5.10 Å². The molecule has 3 rings (SSSR count). The van der Waals surface area contributed by atoms with Gasteiger partial charge in [0.2, 0.25) is 0 Å². The molecule has 2 aromatic rings. The van der Waals surface area contributed by atoms with Crippen LogP contribution in [-0.4, -0.2) is 25.2 Å². The summed E-state index contributed by atoms with van der Waals surface area (Å²) in [5.74, 6) is 2.46. The van der Waals surface area contributed by atoms with Gasteiger partial charge in [0.05, 0.1) is 5.69 Å². The van der Waals surface area contributed by atoms with Crippen LogP contribution >= 0.6 is 11.6 Å². The smallest absolute Gasteiger partial charge is 0.158 e. The van der Waals surface area contributed by atoms with Crippen molar-refractivity contribution in [3.05, 3.63) is 11.5 Å². The summed E-state index contributed by atoms with van der Waals surface area (Å²) in [6.07, 6.45) is 4.69. The SMILES string of the molecule is Cc1nn(C)c2c1nc(CCCl)n2C1CCCC1C. The zero-order valence-corrected chi connectivity index (χ0v) is 12.6. The molecular weight excluding hydrogens is 260 g/mol. The molecule has 104 valence electrons. The zero-order chi connectivity index (χ0) is 13.6. The summed E-state index contributed by atoms with van der Waals surface area (Å²) in [5.41, 5.74) is 3.22. The van der Waals surface area contributed by atoms with Crippen LogP contribution in [0.15, 0.2) is 0 Å². The molecule has 0 amide bonds. The Morgan fingerprint density at radius 3 is 2.79 bits per heavy atom. The molecular formula is C14H21ClN4. The van der Waals surface area contributed by atoms with Crippen molar-refractivity contribution in [2.75, 3.05) is 5.88 Å². The first-order valence-electron chi connectivity index (χ1n) is 7.10. The molecule has 1 aliphatic carbocycles. The van der Waals surface area contributed by atoms with Crippen molar-refractivity contribution >= 4 is 22.8 Å². The number of nitrogens with zero attached hydrogens (tertiary/aromatic N) is 4. The standard InChI is InChI=1S/C14H21ClN4/c1-9-5-4-6-11(9)19-12(7-8-15)16-13-10(2)17-18(3)14(13)19/h9,11H,4-8H2,1-3H3. The van der Waals surface area contributed by atoms with Gasteiger partial charge in [-0.25, -0.2) is 4.98 Å². The van der Waals surface area contributed by atoms with Crippen LogP contribution in [0.1, 0.15) is 43.7 Å². The summed E-state index contributed by atoms with van der Waals surface area (Å²) >= 11 is 5.95. The average molecular weight is 281 g/mol. The third-order valence-corrected chi connectivity index (χ3v) is 4.56. The summed E-state index contributed by atoms with van der Waals surface area (Å²) < 4.78 is 4.38. The van der Waals surface area contributed by atoms with Crippen LogP contribution in [0.3, 0.4) is 0 Å². The first kappa shape index (κ1) is 13.0. The summed E-state index contributed by atoms with van der Waals surface area (Å²) in [4.78, 5) is 4.80. The largest absolute Gasteiger partial charge is 0.309 e. The number of alkyl halides is 1. The van der Waals surface area contributed by atoms with Crippen LogP contribution in [-0.2, 0) is 13.5 Å². The molecule has 0 radical (unpaired) electrons. The molecule has 0 spiro atoms. The molecule has 2 aromatic heterocycles. The second-order valence-corrected chi connectivity index (χ2v) is 6.07. The van der Waals surface area contributed by atoms with Crippen molar-refractivity contribution in [3.8, 4) is 0 Å². The highest BCUT2D eigenvalue weighted by atomic mass is 35.5. The highest BCUT2D eigenvalue weighted by Gasteiger charge is 2.30. The van der Waals surface area contributed by atoms with Crippen LogP contribution in [0.4, 0.5) is 0 Å². The fourth-order valence-electron chi connectivity index (χ4n) is 3.46. The van der Waals surface area contributed by atoms with E-state index in [2.05, 4.69) is 16.6 Å². The van der Waals surface area contributed by atoms with E-state index in [0.717, 1.165) is 29.1 Å². The highest BCUT2D eigenvalue weighted by molar-refractivity contribution is 6.17. The van der Waals surface area contributed by atoms with Gasteiger partial charge in [0.1, 0.15) is 11.3 Å². The van der Waals surface area contributed by atoms with E-state index >= 15 is 0 Å². The van der Waals surface area contributed by atoms with E-state index in [4.69, 9.17) is 16.6 Å². The maximum Gasteiger partial charge on any atom is 0.158 e. The lowest BCUT2D eigenvalue weighted by Gasteiger charge is -2.20. The van der Waals surface area contributed by atoms with E-state index in [0.29, 0.717) is 17.8 Å². The Morgan fingerprint density at radius 1 is 1.37 bits per heavy atom. The molecule has 1 aliphatic rings. The molecule has 2 heterocycles. The minimum Gasteiger partial charge on any atom is -0.309 e. The molecule has 2 atom stereocenters. The Labute approximate surface area is 118 Å². The van der Waals surface area contributed by atoms with Crippen molar-refractivity contribution < 1.29 is 0 Å². The zero-order valence-electron chi connectivity index (χ0n) is 11.9. The van der Waals surface area contributed by atoms with Crippen LogP contribution in [0.25, 0.3) is 11.2 Å². The van der Waals surface area contributed by atoms with Crippen molar-refractivity contribution in [2.45, 2.75) is 45.6 Å². The summed E-state index contributed by atoms with van der Waals surface area (Å²) in [7, 11) is 2.01. The molecule has 1 saturated carbocycles. The molecule has 0 bridgehead atoms. The number of fused-ring (bicyclic) bond motifs is 1. The van der Waals surface area contributed by atoms with Crippen LogP contribution in [0.5, 0.6) is 0 Å². The molecule has 4 nitrogen and oxygen atoms in total. The van der Waals surface area contributed by atoms with Gasteiger partial charge in [0.15, 0.2) is 5.65 Å². The topological polar surface area (TPSA) is 35.6 Å². The first-order valence-corrected chi connectivity index (χ1v) is 7.63.